The van der Waals surface area contributed by atoms with Crippen molar-refractivity contribution < 1.29 is 19.2 Å². The summed E-state index contributed by atoms with van der Waals surface area (Å²) in [4.78, 5) is 21.9. The van der Waals surface area contributed by atoms with E-state index in [4.69, 9.17) is 5.11 Å². The molecule has 0 radical (unpaired) electrons. The fourth-order valence-corrected chi connectivity index (χ4v) is 2.50. The average Bonchev–Trinajstić information content (AvgIpc) is 1.99. The summed E-state index contributed by atoms with van der Waals surface area (Å²) in [6.07, 6.45) is 0.504. The summed E-state index contributed by atoms with van der Waals surface area (Å²) in [6, 6.07) is 0. The molecule has 0 aromatic heterocycles. The standard InChI is InChI=1S/C10H19NO3S/c1-5-10(14)15-8(6-9(12)13)7-11(2,3)4/h8H,5-7H2,1-4H3/p+1. The first-order valence-electron chi connectivity index (χ1n) is 4.96. The second-order valence-electron chi connectivity index (χ2n) is 4.54. The molecule has 15 heavy (non-hydrogen) atoms. The highest BCUT2D eigenvalue weighted by molar-refractivity contribution is 8.14. The maximum Gasteiger partial charge on any atom is 0.304 e. The van der Waals surface area contributed by atoms with Crippen molar-refractivity contribution in [3.63, 3.8) is 0 Å². The fourth-order valence-electron chi connectivity index (χ4n) is 1.22. The number of carbonyl (C=O) groups excluding carboxylic acids is 1. The number of carbonyl (C=O) groups is 2. The van der Waals surface area contributed by atoms with Crippen LogP contribution in [0.25, 0.3) is 0 Å². The molecule has 1 unspecified atom stereocenters. The van der Waals surface area contributed by atoms with Crippen LogP contribution in [0.5, 0.6) is 0 Å². The molecule has 0 rings (SSSR count). The number of carboxylic acid groups (broad SMARTS) is 1. The van der Waals surface area contributed by atoms with Crippen molar-refractivity contribution in [1.82, 2.24) is 0 Å². The smallest absolute Gasteiger partial charge is 0.304 e. The third-order valence-corrected chi connectivity index (χ3v) is 2.94. The first kappa shape index (κ1) is 14.5. The molecule has 0 fully saturated rings. The lowest BCUT2D eigenvalue weighted by Crippen LogP contribution is -2.41. The van der Waals surface area contributed by atoms with Gasteiger partial charge >= 0.3 is 5.97 Å². The van der Waals surface area contributed by atoms with Crippen LogP contribution in [0.15, 0.2) is 0 Å². The van der Waals surface area contributed by atoms with Gasteiger partial charge in [-0.05, 0) is 0 Å². The van der Waals surface area contributed by atoms with Crippen molar-refractivity contribution in [2.24, 2.45) is 0 Å². The highest BCUT2D eigenvalue weighted by Crippen LogP contribution is 2.19. The topological polar surface area (TPSA) is 54.4 Å². The third-order valence-electron chi connectivity index (χ3n) is 1.74. The maximum atomic E-state index is 11.3. The molecular weight excluding hydrogens is 214 g/mol. The van der Waals surface area contributed by atoms with Crippen LogP contribution >= 0.6 is 11.8 Å². The molecule has 0 saturated carbocycles. The molecule has 0 aliphatic rings. The van der Waals surface area contributed by atoms with Gasteiger partial charge in [-0.25, -0.2) is 0 Å². The summed E-state index contributed by atoms with van der Waals surface area (Å²) in [5.41, 5.74) is 0. The van der Waals surface area contributed by atoms with Gasteiger partial charge in [-0.2, -0.15) is 0 Å². The summed E-state index contributed by atoms with van der Waals surface area (Å²) in [5, 5.41) is 8.67. The van der Waals surface area contributed by atoms with E-state index >= 15 is 0 Å². The molecule has 88 valence electrons. The van der Waals surface area contributed by atoms with E-state index in [1.165, 1.54) is 0 Å². The van der Waals surface area contributed by atoms with Crippen molar-refractivity contribution in [3.05, 3.63) is 0 Å². The Bertz CT molecular complexity index is 235. The number of rotatable bonds is 6. The molecule has 1 atom stereocenters. The van der Waals surface area contributed by atoms with Crippen molar-refractivity contribution in [2.75, 3.05) is 27.7 Å². The van der Waals surface area contributed by atoms with E-state index in [-0.39, 0.29) is 16.8 Å². The van der Waals surface area contributed by atoms with Gasteiger partial charge in [-0.1, -0.05) is 18.7 Å². The van der Waals surface area contributed by atoms with Crippen LogP contribution in [0.3, 0.4) is 0 Å². The highest BCUT2D eigenvalue weighted by atomic mass is 32.2. The maximum absolute atomic E-state index is 11.3. The van der Waals surface area contributed by atoms with E-state index in [1.807, 2.05) is 21.1 Å². The number of quaternary nitrogens is 1. The molecule has 0 aliphatic carbocycles. The van der Waals surface area contributed by atoms with Crippen LogP contribution in [0.1, 0.15) is 19.8 Å². The molecule has 0 amide bonds. The molecule has 0 aromatic rings. The largest absolute Gasteiger partial charge is 0.481 e. The Morgan fingerprint density at radius 3 is 2.20 bits per heavy atom. The van der Waals surface area contributed by atoms with Crippen LogP contribution in [0.2, 0.25) is 0 Å². The minimum atomic E-state index is -0.843. The Balaban J connectivity index is 4.31. The molecule has 1 N–H and O–H groups in total. The zero-order chi connectivity index (χ0) is 12.1. The number of carboxylic acids is 1. The van der Waals surface area contributed by atoms with Crippen molar-refractivity contribution in [1.29, 1.82) is 0 Å². The van der Waals surface area contributed by atoms with Gasteiger partial charge in [0.05, 0.1) is 39.4 Å². The van der Waals surface area contributed by atoms with Gasteiger partial charge in [0, 0.05) is 6.42 Å². The molecule has 0 spiro atoms. The summed E-state index contributed by atoms with van der Waals surface area (Å²) in [5.74, 6) is -0.843. The molecule has 0 heterocycles. The van der Waals surface area contributed by atoms with Crippen LogP contribution < -0.4 is 0 Å². The molecule has 5 heteroatoms. The first-order chi connectivity index (χ1) is 6.74. The quantitative estimate of drug-likeness (QED) is 0.702. The van der Waals surface area contributed by atoms with Gasteiger partial charge in [0.25, 0.3) is 0 Å². The van der Waals surface area contributed by atoms with Gasteiger partial charge in [0.1, 0.15) is 0 Å². The third kappa shape index (κ3) is 8.44. The Morgan fingerprint density at radius 2 is 1.87 bits per heavy atom. The molecule has 0 aromatic carbocycles. The van der Waals surface area contributed by atoms with E-state index in [0.29, 0.717) is 17.4 Å². The number of thioether (sulfide) groups is 1. The lowest BCUT2D eigenvalue weighted by atomic mass is 10.3. The van der Waals surface area contributed by atoms with E-state index in [2.05, 4.69) is 0 Å². The second-order valence-corrected chi connectivity index (χ2v) is 5.89. The van der Waals surface area contributed by atoms with E-state index < -0.39 is 5.97 Å². The van der Waals surface area contributed by atoms with Gasteiger partial charge in [0.15, 0.2) is 5.12 Å². The molecule has 0 aliphatic heterocycles. The Labute approximate surface area is 95.2 Å². The average molecular weight is 234 g/mol. The summed E-state index contributed by atoms with van der Waals surface area (Å²) in [6.45, 7) is 2.47. The summed E-state index contributed by atoms with van der Waals surface area (Å²) in [7, 11) is 5.98. The molecular formula is C10H20NO3S+. The number of hydrogen-bond acceptors (Lipinski definition) is 3. The Morgan fingerprint density at radius 1 is 1.33 bits per heavy atom. The highest BCUT2D eigenvalue weighted by Gasteiger charge is 2.23. The summed E-state index contributed by atoms with van der Waals surface area (Å²) >= 11 is 1.16. The zero-order valence-electron chi connectivity index (χ0n) is 9.82. The fraction of sp³-hybridized carbons (Fsp3) is 0.800. The molecule has 0 bridgehead atoms. The van der Waals surface area contributed by atoms with Gasteiger partial charge in [0.2, 0.25) is 0 Å². The normalized spacial score (nSPS) is 13.6. The van der Waals surface area contributed by atoms with Gasteiger partial charge < -0.3 is 9.59 Å². The number of aliphatic carboxylic acids is 1. The van der Waals surface area contributed by atoms with Crippen molar-refractivity contribution in [2.45, 2.75) is 25.0 Å². The van der Waals surface area contributed by atoms with E-state index in [1.54, 1.807) is 6.92 Å². The Hall–Kier alpha value is -0.550. The molecule has 4 nitrogen and oxygen atoms in total. The monoisotopic (exact) mass is 234 g/mol. The minimum absolute atomic E-state index is 0.0475. The summed E-state index contributed by atoms with van der Waals surface area (Å²) < 4.78 is 0.669. The van der Waals surface area contributed by atoms with Crippen LogP contribution in [-0.2, 0) is 9.59 Å². The van der Waals surface area contributed by atoms with Gasteiger partial charge in [-0.3, -0.25) is 9.59 Å². The Kier molecular flexibility index (Phi) is 5.90. The predicted octanol–water partition coefficient (Wildman–Crippen LogP) is 1.21. The van der Waals surface area contributed by atoms with Crippen LogP contribution in [0.4, 0.5) is 0 Å². The zero-order valence-corrected chi connectivity index (χ0v) is 10.6. The van der Waals surface area contributed by atoms with Crippen molar-refractivity contribution >= 4 is 22.8 Å². The van der Waals surface area contributed by atoms with Crippen molar-refractivity contribution in [3.8, 4) is 0 Å². The predicted molar refractivity (Wildman–Crippen MR) is 61.8 cm³/mol. The SMILES string of the molecule is CCC(=O)SC(CC(=O)O)C[N+](C)(C)C. The lowest BCUT2D eigenvalue weighted by molar-refractivity contribution is -0.869. The minimum Gasteiger partial charge on any atom is -0.481 e. The molecule has 0 saturated heterocycles. The number of nitrogens with zero attached hydrogens (tertiary/aromatic N) is 1. The van der Waals surface area contributed by atoms with E-state index in [0.717, 1.165) is 11.8 Å². The second kappa shape index (κ2) is 6.12. The first-order valence-corrected chi connectivity index (χ1v) is 5.84. The van der Waals surface area contributed by atoms with E-state index in [9.17, 15) is 9.59 Å². The lowest BCUT2D eigenvalue weighted by Gasteiger charge is -2.27. The van der Waals surface area contributed by atoms with Gasteiger partial charge in [-0.15, -0.1) is 0 Å². The van der Waals surface area contributed by atoms with Crippen LogP contribution in [-0.4, -0.2) is 53.6 Å². The number of hydrogen-bond donors (Lipinski definition) is 1. The van der Waals surface area contributed by atoms with Crippen LogP contribution in [0, 0.1) is 0 Å².